The molecule has 1 amide bonds. The summed E-state index contributed by atoms with van der Waals surface area (Å²) in [4.78, 5) is 23.5. The maximum Gasteiger partial charge on any atom is 0.326 e. The minimum atomic E-state index is -1.06. The number of carboxylic acids is 1. The van der Waals surface area contributed by atoms with Crippen LogP contribution in [0, 0.1) is 12.7 Å². The first-order chi connectivity index (χ1) is 11.4. The van der Waals surface area contributed by atoms with Crippen LogP contribution in [0.5, 0.6) is 0 Å². The van der Waals surface area contributed by atoms with Crippen LogP contribution in [0.1, 0.15) is 42.4 Å². The number of hydrogen-bond acceptors (Lipinski definition) is 3. The maximum absolute atomic E-state index is 13.0. The van der Waals surface area contributed by atoms with Gasteiger partial charge in [-0.05, 0) is 43.7 Å². The molecule has 0 aliphatic carbocycles. The van der Waals surface area contributed by atoms with Crippen LogP contribution in [0.2, 0.25) is 0 Å². The number of carbonyl (C=O) groups is 2. The van der Waals surface area contributed by atoms with Gasteiger partial charge in [0.05, 0.1) is 5.69 Å². The molecule has 0 aliphatic rings. The molecule has 0 aliphatic heterocycles. The van der Waals surface area contributed by atoms with Crippen molar-refractivity contribution in [1.29, 1.82) is 0 Å². The number of benzene rings is 1. The largest absolute Gasteiger partial charge is 0.480 e. The second-order valence-corrected chi connectivity index (χ2v) is 5.57. The number of carboxylic acid groups (broad SMARTS) is 1. The third-order valence-corrected chi connectivity index (χ3v) is 3.64. The molecule has 6 nitrogen and oxygen atoms in total. The van der Waals surface area contributed by atoms with E-state index in [1.54, 1.807) is 25.1 Å². The van der Waals surface area contributed by atoms with Crippen molar-refractivity contribution < 1.29 is 19.1 Å². The molecule has 1 aromatic carbocycles. The molecule has 1 unspecified atom stereocenters. The molecule has 2 N–H and O–H groups in total. The summed E-state index contributed by atoms with van der Waals surface area (Å²) in [6.07, 6.45) is 1.92. The number of halogens is 1. The van der Waals surface area contributed by atoms with Crippen LogP contribution in [0.15, 0.2) is 30.3 Å². The van der Waals surface area contributed by atoms with Crippen LogP contribution < -0.4 is 5.32 Å². The molecule has 1 aromatic heterocycles. The number of hydrogen-bond donors (Lipinski definition) is 2. The summed E-state index contributed by atoms with van der Waals surface area (Å²) in [6.45, 7) is 3.72. The molecule has 0 radical (unpaired) electrons. The molecule has 0 saturated heterocycles. The highest BCUT2D eigenvalue weighted by atomic mass is 19.1. The van der Waals surface area contributed by atoms with Crippen molar-refractivity contribution in [3.63, 3.8) is 0 Å². The predicted molar refractivity (Wildman–Crippen MR) is 86.7 cm³/mol. The monoisotopic (exact) mass is 333 g/mol. The second kappa shape index (κ2) is 7.72. The molecule has 1 atom stereocenters. The third-order valence-electron chi connectivity index (χ3n) is 3.64. The standard InChI is InChI=1S/C17H20FN3O3/c1-3-4-5-14(17(23)24)19-16(22)15-10-11(2)21(20-15)13-8-6-12(18)7-9-13/h6-10,14H,3-5H2,1-2H3,(H,19,22)(H,23,24). The number of nitrogens with zero attached hydrogens (tertiary/aromatic N) is 2. The Labute approximate surface area is 139 Å². The van der Waals surface area contributed by atoms with Crippen molar-refractivity contribution in [2.45, 2.75) is 39.2 Å². The summed E-state index contributed by atoms with van der Waals surface area (Å²) in [5.74, 6) is -1.96. The highest BCUT2D eigenvalue weighted by Crippen LogP contribution is 2.13. The van der Waals surface area contributed by atoms with Gasteiger partial charge in [0.15, 0.2) is 5.69 Å². The fourth-order valence-corrected chi connectivity index (χ4v) is 2.33. The summed E-state index contributed by atoms with van der Waals surface area (Å²) in [6, 6.07) is 6.35. The van der Waals surface area contributed by atoms with Crippen LogP contribution in [0.4, 0.5) is 4.39 Å². The van der Waals surface area contributed by atoms with Gasteiger partial charge in [-0.25, -0.2) is 13.9 Å². The Hall–Kier alpha value is -2.70. The van der Waals surface area contributed by atoms with Crippen molar-refractivity contribution in [2.75, 3.05) is 0 Å². The second-order valence-electron chi connectivity index (χ2n) is 5.57. The van der Waals surface area contributed by atoms with E-state index in [0.717, 1.165) is 6.42 Å². The van der Waals surface area contributed by atoms with Crippen LogP contribution in [0.25, 0.3) is 5.69 Å². The molecular weight excluding hydrogens is 313 g/mol. The van der Waals surface area contributed by atoms with Gasteiger partial charge in [-0.15, -0.1) is 0 Å². The molecule has 2 aromatic rings. The molecular formula is C17H20FN3O3. The van der Waals surface area contributed by atoms with E-state index in [1.165, 1.54) is 16.8 Å². The number of carbonyl (C=O) groups excluding carboxylic acids is 1. The zero-order valence-electron chi connectivity index (χ0n) is 13.6. The lowest BCUT2D eigenvalue weighted by Crippen LogP contribution is -2.40. The van der Waals surface area contributed by atoms with Gasteiger partial charge in [0.1, 0.15) is 11.9 Å². The van der Waals surface area contributed by atoms with Crippen LogP contribution in [-0.4, -0.2) is 32.8 Å². The number of amides is 1. The van der Waals surface area contributed by atoms with Crippen LogP contribution >= 0.6 is 0 Å². The molecule has 2 rings (SSSR count). The molecule has 0 spiro atoms. The SMILES string of the molecule is CCCCC(NC(=O)c1cc(C)n(-c2ccc(F)cc2)n1)C(=O)O. The lowest BCUT2D eigenvalue weighted by molar-refractivity contribution is -0.139. The topological polar surface area (TPSA) is 84.2 Å². The zero-order chi connectivity index (χ0) is 17.7. The Bertz CT molecular complexity index is 725. The molecule has 1 heterocycles. The average Bonchev–Trinajstić information content (AvgIpc) is 2.93. The van der Waals surface area contributed by atoms with Crippen molar-refractivity contribution in [3.05, 3.63) is 47.5 Å². The Balaban J connectivity index is 2.17. The lowest BCUT2D eigenvalue weighted by Gasteiger charge is -2.12. The van der Waals surface area contributed by atoms with E-state index in [1.807, 2.05) is 6.92 Å². The Morgan fingerprint density at radius 3 is 2.58 bits per heavy atom. The minimum absolute atomic E-state index is 0.125. The van der Waals surface area contributed by atoms with Gasteiger partial charge in [0, 0.05) is 5.69 Å². The number of rotatable bonds is 7. The van der Waals surface area contributed by atoms with E-state index in [2.05, 4.69) is 10.4 Å². The minimum Gasteiger partial charge on any atom is -0.480 e. The molecule has 0 bridgehead atoms. The molecule has 7 heteroatoms. The summed E-state index contributed by atoms with van der Waals surface area (Å²) in [5, 5.41) is 15.9. The van der Waals surface area contributed by atoms with Crippen molar-refractivity contribution in [1.82, 2.24) is 15.1 Å². The Morgan fingerprint density at radius 2 is 2.00 bits per heavy atom. The van der Waals surface area contributed by atoms with Gasteiger partial charge in [-0.1, -0.05) is 19.8 Å². The van der Waals surface area contributed by atoms with Crippen LogP contribution in [-0.2, 0) is 4.79 Å². The normalized spacial score (nSPS) is 12.0. The lowest BCUT2D eigenvalue weighted by atomic mass is 10.1. The number of aromatic nitrogens is 2. The number of unbranched alkanes of at least 4 members (excludes halogenated alkanes) is 1. The highest BCUT2D eigenvalue weighted by molar-refractivity contribution is 5.95. The van der Waals surface area contributed by atoms with E-state index in [9.17, 15) is 19.1 Å². The number of nitrogens with one attached hydrogen (secondary N) is 1. The molecule has 0 fully saturated rings. The first-order valence-electron chi connectivity index (χ1n) is 7.78. The maximum atomic E-state index is 13.0. The third kappa shape index (κ3) is 4.18. The van der Waals surface area contributed by atoms with E-state index in [-0.39, 0.29) is 11.5 Å². The van der Waals surface area contributed by atoms with Crippen LogP contribution in [0.3, 0.4) is 0 Å². The van der Waals surface area contributed by atoms with Gasteiger partial charge in [0.2, 0.25) is 0 Å². The number of aliphatic carboxylic acids is 1. The molecule has 0 saturated carbocycles. The Morgan fingerprint density at radius 1 is 1.33 bits per heavy atom. The van der Waals surface area contributed by atoms with Crippen molar-refractivity contribution in [3.8, 4) is 5.69 Å². The average molecular weight is 333 g/mol. The van der Waals surface area contributed by atoms with Crippen molar-refractivity contribution >= 4 is 11.9 Å². The fraction of sp³-hybridized carbons (Fsp3) is 0.353. The van der Waals surface area contributed by atoms with E-state index >= 15 is 0 Å². The first kappa shape index (κ1) is 17.7. The smallest absolute Gasteiger partial charge is 0.326 e. The van der Waals surface area contributed by atoms with Gasteiger partial charge in [-0.2, -0.15) is 5.10 Å². The summed E-state index contributed by atoms with van der Waals surface area (Å²) in [5.41, 5.74) is 1.43. The van der Waals surface area contributed by atoms with Gasteiger partial charge >= 0.3 is 5.97 Å². The van der Waals surface area contributed by atoms with E-state index < -0.39 is 17.9 Å². The fourth-order valence-electron chi connectivity index (χ4n) is 2.33. The molecule has 24 heavy (non-hydrogen) atoms. The van der Waals surface area contributed by atoms with E-state index in [0.29, 0.717) is 24.2 Å². The predicted octanol–water partition coefficient (Wildman–Crippen LogP) is 2.69. The van der Waals surface area contributed by atoms with Crippen molar-refractivity contribution in [2.24, 2.45) is 0 Å². The summed E-state index contributed by atoms with van der Waals surface area (Å²) < 4.78 is 14.5. The van der Waals surface area contributed by atoms with Gasteiger partial charge < -0.3 is 10.4 Å². The van der Waals surface area contributed by atoms with Gasteiger partial charge in [-0.3, -0.25) is 4.79 Å². The van der Waals surface area contributed by atoms with Gasteiger partial charge in [0.25, 0.3) is 5.91 Å². The molecule has 128 valence electrons. The summed E-state index contributed by atoms with van der Waals surface area (Å²) in [7, 11) is 0. The van der Waals surface area contributed by atoms with E-state index in [4.69, 9.17) is 0 Å². The zero-order valence-corrected chi connectivity index (χ0v) is 13.6. The quantitative estimate of drug-likeness (QED) is 0.816. The first-order valence-corrected chi connectivity index (χ1v) is 7.78. The Kier molecular flexibility index (Phi) is 5.68. The summed E-state index contributed by atoms with van der Waals surface area (Å²) >= 11 is 0. The highest BCUT2D eigenvalue weighted by Gasteiger charge is 2.22. The number of aryl methyl sites for hydroxylation is 1.